The fraction of sp³-hybridized carbons (Fsp3) is 0.111. The van der Waals surface area contributed by atoms with Crippen molar-refractivity contribution in [3.05, 3.63) is 70.0 Å². The van der Waals surface area contributed by atoms with Crippen molar-refractivity contribution >= 4 is 22.2 Å². The average Bonchev–Trinajstić information content (AvgIpc) is 2.95. The Morgan fingerprint density at radius 1 is 1.08 bits per heavy atom. The fourth-order valence-corrected chi connectivity index (χ4v) is 3.02. The van der Waals surface area contributed by atoms with Gasteiger partial charge in [-0.15, -0.1) is 0 Å². The first-order chi connectivity index (χ1) is 11.6. The van der Waals surface area contributed by atoms with E-state index < -0.39 is 4.92 Å². The number of carbonyl (C=O) groups excluding carboxylic acids is 1. The number of ether oxygens (including phenoxy) is 1. The minimum absolute atomic E-state index is 0.00926. The Labute approximate surface area is 136 Å². The molecule has 2 aromatic carbocycles. The number of benzene rings is 2. The molecule has 0 bridgehead atoms. The summed E-state index contributed by atoms with van der Waals surface area (Å²) >= 11 is 0. The topological polar surface area (TPSA) is 82.3 Å². The van der Waals surface area contributed by atoms with E-state index in [1.807, 2.05) is 6.07 Å². The number of pyridine rings is 1. The van der Waals surface area contributed by atoms with Gasteiger partial charge in [0.05, 0.1) is 10.3 Å². The van der Waals surface area contributed by atoms with Crippen molar-refractivity contribution in [1.82, 2.24) is 4.98 Å². The monoisotopic (exact) mass is 320 g/mol. The molecule has 4 rings (SSSR count). The molecule has 1 heterocycles. The summed E-state index contributed by atoms with van der Waals surface area (Å²) in [6.07, 6.45) is 4.28. The van der Waals surface area contributed by atoms with Gasteiger partial charge in [-0.2, -0.15) is 0 Å². The van der Waals surface area contributed by atoms with Gasteiger partial charge in [-0.3, -0.25) is 19.9 Å². The molecule has 118 valence electrons. The maximum atomic E-state index is 11.7. The van der Waals surface area contributed by atoms with Crippen LogP contribution in [0.25, 0.3) is 10.8 Å². The van der Waals surface area contributed by atoms with Crippen LogP contribution in [0.1, 0.15) is 22.3 Å². The SMILES string of the molecule is O=C1CCc2cc(Oc3ccc([N+](=O)[O-])c4cnccc34)ccc21. The molecule has 0 unspecified atom stereocenters. The van der Waals surface area contributed by atoms with E-state index in [1.54, 1.807) is 30.5 Å². The average molecular weight is 320 g/mol. The second-order valence-corrected chi connectivity index (χ2v) is 5.61. The van der Waals surface area contributed by atoms with Crippen molar-refractivity contribution in [2.24, 2.45) is 0 Å². The summed E-state index contributed by atoms with van der Waals surface area (Å²) < 4.78 is 5.93. The number of nitrogens with zero attached hydrogens (tertiary/aromatic N) is 2. The number of hydrogen-bond acceptors (Lipinski definition) is 5. The third-order valence-corrected chi connectivity index (χ3v) is 4.18. The van der Waals surface area contributed by atoms with Gasteiger partial charge < -0.3 is 4.74 Å². The summed E-state index contributed by atoms with van der Waals surface area (Å²) in [4.78, 5) is 26.4. The number of aryl methyl sites for hydroxylation is 1. The molecule has 0 atom stereocenters. The predicted octanol–water partition coefficient (Wildman–Crippen LogP) is 4.06. The second kappa shape index (κ2) is 5.42. The lowest BCUT2D eigenvalue weighted by Gasteiger charge is -2.10. The molecule has 1 aliphatic carbocycles. The van der Waals surface area contributed by atoms with Gasteiger partial charge >= 0.3 is 0 Å². The minimum Gasteiger partial charge on any atom is -0.457 e. The van der Waals surface area contributed by atoms with Crippen LogP contribution in [-0.4, -0.2) is 15.7 Å². The molecule has 0 saturated heterocycles. The van der Waals surface area contributed by atoms with Gasteiger partial charge in [0.25, 0.3) is 5.69 Å². The molecule has 0 amide bonds. The van der Waals surface area contributed by atoms with E-state index in [-0.39, 0.29) is 11.5 Å². The van der Waals surface area contributed by atoms with Crippen LogP contribution in [0.2, 0.25) is 0 Å². The molecule has 0 aliphatic heterocycles. The van der Waals surface area contributed by atoms with Gasteiger partial charge in [0.1, 0.15) is 11.5 Å². The number of nitro groups is 1. The van der Waals surface area contributed by atoms with E-state index in [2.05, 4.69) is 4.98 Å². The first-order valence-electron chi connectivity index (χ1n) is 7.48. The second-order valence-electron chi connectivity index (χ2n) is 5.61. The Morgan fingerprint density at radius 3 is 2.79 bits per heavy atom. The van der Waals surface area contributed by atoms with E-state index in [9.17, 15) is 14.9 Å². The van der Waals surface area contributed by atoms with Crippen LogP contribution in [0.15, 0.2) is 48.8 Å². The van der Waals surface area contributed by atoms with Gasteiger partial charge in [-0.1, -0.05) is 0 Å². The van der Waals surface area contributed by atoms with E-state index in [1.165, 1.54) is 12.3 Å². The largest absolute Gasteiger partial charge is 0.457 e. The Morgan fingerprint density at radius 2 is 1.96 bits per heavy atom. The van der Waals surface area contributed by atoms with Crippen LogP contribution in [0, 0.1) is 10.1 Å². The first kappa shape index (κ1) is 14.3. The van der Waals surface area contributed by atoms with Crippen molar-refractivity contribution in [2.75, 3.05) is 0 Å². The molecule has 0 spiro atoms. The number of fused-ring (bicyclic) bond motifs is 2. The van der Waals surface area contributed by atoms with Crippen molar-refractivity contribution in [3.63, 3.8) is 0 Å². The number of aromatic nitrogens is 1. The van der Waals surface area contributed by atoms with Crippen LogP contribution in [0.3, 0.4) is 0 Å². The lowest BCUT2D eigenvalue weighted by atomic mass is 10.1. The van der Waals surface area contributed by atoms with Gasteiger partial charge in [0, 0.05) is 35.8 Å². The van der Waals surface area contributed by atoms with E-state index in [0.717, 1.165) is 17.5 Å². The van der Waals surface area contributed by atoms with Crippen LogP contribution in [0.5, 0.6) is 11.5 Å². The zero-order valence-electron chi connectivity index (χ0n) is 12.6. The molecule has 24 heavy (non-hydrogen) atoms. The Hall–Kier alpha value is -3.28. The van der Waals surface area contributed by atoms with Crippen molar-refractivity contribution in [3.8, 4) is 11.5 Å². The Balaban J connectivity index is 1.77. The number of rotatable bonds is 3. The van der Waals surface area contributed by atoms with Gasteiger partial charge in [-0.05, 0) is 42.3 Å². The van der Waals surface area contributed by atoms with Gasteiger partial charge in [-0.25, -0.2) is 0 Å². The fourth-order valence-electron chi connectivity index (χ4n) is 3.02. The lowest BCUT2D eigenvalue weighted by molar-refractivity contribution is -0.383. The number of nitro benzene ring substituents is 1. The molecular formula is C18H12N2O4. The molecule has 3 aromatic rings. The number of non-ortho nitro benzene ring substituents is 1. The minimum atomic E-state index is -0.436. The molecule has 6 nitrogen and oxygen atoms in total. The summed E-state index contributed by atoms with van der Waals surface area (Å²) in [6, 6.07) is 10.1. The van der Waals surface area contributed by atoms with Gasteiger partial charge in [0.15, 0.2) is 5.78 Å². The summed E-state index contributed by atoms with van der Waals surface area (Å²) in [7, 11) is 0. The summed E-state index contributed by atoms with van der Waals surface area (Å²) in [5, 5.41) is 12.2. The third-order valence-electron chi connectivity index (χ3n) is 4.18. The van der Waals surface area contributed by atoms with Gasteiger partial charge in [0.2, 0.25) is 0 Å². The molecule has 0 radical (unpaired) electrons. The Kier molecular flexibility index (Phi) is 3.23. The molecular weight excluding hydrogens is 308 g/mol. The zero-order chi connectivity index (χ0) is 16.7. The number of Topliss-reactive ketones (excluding diaryl/α,β-unsaturated/α-hetero) is 1. The number of hydrogen-bond donors (Lipinski definition) is 0. The Bertz CT molecular complexity index is 997. The third kappa shape index (κ3) is 2.28. The van der Waals surface area contributed by atoms with Crippen molar-refractivity contribution < 1.29 is 14.5 Å². The number of carbonyl (C=O) groups is 1. The number of ketones is 1. The van der Waals surface area contributed by atoms with Crippen LogP contribution in [-0.2, 0) is 6.42 Å². The van der Waals surface area contributed by atoms with Crippen LogP contribution >= 0.6 is 0 Å². The smallest absolute Gasteiger partial charge is 0.279 e. The van der Waals surface area contributed by atoms with Crippen molar-refractivity contribution in [1.29, 1.82) is 0 Å². The predicted molar refractivity (Wildman–Crippen MR) is 87.6 cm³/mol. The first-order valence-corrected chi connectivity index (χ1v) is 7.48. The summed E-state index contributed by atoms with van der Waals surface area (Å²) in [5.74, 6) is 1.28. The van der Waals surface area contributed by atoms with E-state index in [4.69, 9.17) is 4.74 Å². The molecule has 1 aromatic heterocycles. The molecule has 0 fully saturated rings. The van der Waals surface area contributed by atoms with E-state index >= 15 is 0 Å². The zero-order valence-corrected chi connectivity index (χ0v) is 12.6. The standard InChI is InChI=1S/C18H12N2O4/c21-17-5-1-11-9-12(2-3-13(11)17)24-18-6-4-16(20(22)23)15-10-19-8-7-14(15)18/h2-4,6-10H,1,5H2. The molecule has 0 N–H and O–H groups in total. The normalized spacial score (nSPS) is 13.1. The highest BCUT2D eigenvalue weighted by atomic mass is 16.6. The summed E-state index contributed by atoms with van der Waals surface area (Å²) in [5.41, 5.74) is 1.72. The lowest BCUT2D eigenvalue weighted by Crippen LogP contribution is -1.94. The summed E-state index contributed by atoms with van der Waals surface area (Å²) in [6.45, 7) is 0. The maximum Gasteiger partial charge on any atom is 0.279 e. The van der Waals surface area contributed by atoms with Crippen molar-refractivity contribution in [2.45, 2.75) is 12.8 Å². The highest BCUT2D eigenvalue weighted by molar-refractivity contribution is 6.00. The highest BCUT2D eigenvalue weighted by Gasteiger charge is 2.20. The molecule has 1 aliphatic rings. The van der Waals surface area contributed by atoms with Crippen LogP contribution < -0.4 is 4.74 Å². The van der Waals surface area contributed by atoms with Crippen LogP contribution in [0.4, 0.5) is 5.69 Å². The molecule has 0 saturated carbocycles. The quantitative estimate of drug-likeness (QED) is 0.537. The molecule has 6 heteroatoms. The van der Waals surface area contributed by atoms with E-state index in [0.29, 0.717) is 28.7 Å². The maximum absolute atomic E-state index is 11.7. The highest BCUT2D eigenvalue weighted by Crippen LogP contribution is 2.36.